The van der Waals surface area contributed by atoms with Crippen LogP contribution in [-0.4, -0.2) is 35.0 Å². The molecule has 2 aromatic rings. The van der Waals surface area contributed by atoms with Crippen LogP contribution < -0.4 is 5.32 Å². The van der Waals surface area contributed by atoms with Crippen LogP contribution >= 0.6 is 11.6 Å². The molecule has 0 aromatic heterocycles. The number of halogens is 2. The van der Waals surface area contributed by atoms with Gasteiger partial charge in [0.05, 0.1) is 0 Å². The van der Waals surface area contributed by atoms with Gasteiger partial charge in [-0.2, -0.15) is 0 Å². The Hall–Kier alpha value is -3.13. The van der Waals surface area contributed by atoms with E-state index in [0.717, 1.165) is 5.56 Å². The summed E-state index contributed by atoms with van der Waals surface area (Å²) in [6, 6.07) is 10.3. The molecule has 9 heteroatoms. The van der Waals surface area contributed by atoms with E-state index in [2.05, 4.69) is 5.32 Å². The van der Waals surface area contributed by atoms with Crippen LogP contribution in [0.1, 0.15) is 25.8 Å². The van der Waals surface area contributed by atoms with Gasteiger partial charge in [0.25, 0.3) is 5.79 Å². The number of rotatable bonds is 6. The molecular formula is C22H21ClFNO6. The number of carbonyl (C=O) groups excluding carboxylic acids is 2. The average molecular weight is 450 g/mol. The van der Waals surface area contributed by atoms with E-state index in [-0.39, 0.29) is 12.8 Å². The second kappa shape index (κ2) is 8.93. The Morgan fingerprint density at radius 1 is 1.16 bits per heavy atom. The first kappa shape index (κ1) is 22.6. The van der Waals surface area contributed by atoms with Crippen molar-refractivity contribution in [3.05, 3.63) is 58.9 Å². The van der Waals surface area contributed by atoms with Crippen LogP contribution in [0.25, 0.3) is 11.1 Å². The van der Waals surface area contributed by atoms with Gasteiger partial charge in [-0.1, -0.05) is 35.9 Å². The molecule has 2 N–H and O–H groups in total. The zero-order valence-corrected chi connectivity index (χ0v) is 17.6. The Balaban J connectivity index is 1.75. The van der Waals surface area contributed by atoms with Crippen molar-refractivity contribution in [3.63, 3.8) is 0 Å². The van der Waals surface area contributed by atoms with Gasteiger partial charge in [-0.05, 0) is 42.2 Å². The summed E-state index contributed by atoms with van der Waals surface area (Å²) in [6.45, 7) is 2.88. The third kappa shape index (κ3) is 5.73. The van der Waals surface area contributed by atoms with Crippen molar-refractivity contribution in [2.24, 2.45) is 5.92 Å². The maximum absolute atomic E-state index is 14.1. The molecule has 1 saturated heterocycles. The molecule has 1 atom stereocenters. The third-order valence-corrected chi connectivity index (χ3v) is 5.02. The number of benzene rings is 2. The summed E-state index contributed by atoms with van der Waals surface area (Å²) in [6.07, 6.45) is -1.21. The maximum atomic E-state index is 14.1. The molecule has 0 saturated carbocycles. The largest absolute Gasteiger partial charge is 0.465 e. The molecular weight excluding hydrogens is 429 g/mol. The highest BCUT2D eigenvalue weighted by Crippen LogP contribution is 2.28. The predicted octanol–water partition coefficient (Wildman–Crippen LogP) is 4.17. The van der Waals surface area contributed by atoms with E-state index in [9.17, 15) is 18.8 Å². The van der Waals surface area contributed by atoms with E-state index in [1.807, 2.05) is 0 Å². The molecule has 2 aromatic carbocycles. The van der Waals surface area contributed by atoms with Crippen molar-refractivity contribution < 1.29 is 33.4 Å². The number of carbonyl (C=O) groups is 3. The van der Waals surface area contributed by atoms with Crippen LogP contribution in [0.5, 0.6) is 0 Å². The van der Waals surface area contributed by atoms with Crippen LogP contribution in [0.4, 0.5) is 9.18 Å². The summed E-state index contributed by atoms with van der Waals surface area (Å²) >= 11 is 5.94. The molecule has 1 aliphatic rings. The van der Waals surface area contributed by atoms with E-state index in [1.165, 1.54) is 32.0 Å². The zero-order chi connectivity index (χ0) is 22.8. The van der Waals surface area contributed by atoms with Gasteiger partial charge in [-0.15, -0.1) is 0 Å². The molecule has 0 unspecified atom stereocenters. The average Bonchev–Trinajstić information content (AvgIpc) is 2.66. The Labute approximate surface area is 183 Å². The van der Waals surface area contributed by atoms with Crippen LogP contribution in [0, 0.1) is 11.7 Å². The molecule has 7 nitrogen and oxygen atoms in total. The van der Waals surface area contributed by atoms with E-state index in [1.54, 1.807) is 24.3 Å². The van der Waals surface area contributed by atoms with E-state index in [4.69, 9.17) is 26.2 Å². The lowest BCUT2D eigenvalue weighted by Crippen LogP contribution is -2.49. The highest BCUT2D eigenvalue weighted by atomic mass is 35.5. The van der Waals surface area contributed by atoms with Crippen molar-refractivity contribution in [1.82, 2.24) is 5.32 Å². The third-order valence-electron chi connectivity index (χ3n) is 4.79. The zero-order valence-electron chi connectivity index (χ0n) is 16.9. The lowest BCUT2D eigenvalue weighted by Gasteiger charge is -2.34. The highest BCUT2D eigenvalue weighted by molar-refractivity contribution is 6.30. The second-order valence-electron chi connectivity index (χ2n) is 7.70. The Morgan fingerprint density at radius 3 is 2.35 bits per heavy atom. The number of amides is 1. The Morgan fingerprint density at radius 2 is 1.77 bits per heavy atom. The van der Waals surface area contributed by atoms with Crippen molar-refractivity contribution in [1.29, 1.82) is 0 Å². The Kier molecular flexibility index (Phi) is 6.50. The Bertz CT molecular complexity index is 988. The first-order chi connectivity index (χ1) is 14.5. The predicted molar refractivity (Wildman–Crippen MR) is 110 cm³/mol. The van der Waals surface area contributed by atoms with Crippen LogP contribution in [0.2, 0.25) is 5.02 Å². The number of nitrogens with one attached hydrogen (secondary N) is 1. The van der Waals surface area contributed by atoms with E-state index in [0.29, 0.717) is 16.1 Å². The van der Waals surface area contributed by atoms with Gasteiger partial charge in [-0.25, -0.2) is 9.18 Å². The molecule has 31 heavy (non-hydrogen) atoms. The van der Waals surface area contributed by atoms with Crippen molar-refractivity contribution in [3.8, 4) is 11.1 Å². The molecule has 1 fully saturated rings. The molecule has 0 aliphatic carbocycles. The summed E-state index contributed by atoms with van der Waals surface area (Å²) in [4.78, 5) is 35.6. The van der Waals surface area contributed by atoms with Gasteiger partial charge in [0, 0.05) is 30.5 Å². The topological polar surface area (TPSA) is 102 Å². The molecule has 3 rings (SSSR count). The second-order valence-corrected chi connectivity index (χ2v) is 8.14. The van der Waals surface area contributed by atoms with Crippen LogP contribution in [0.15, 0.2) is 42.5 Å². The lowest BCUT2D eigenvalue weighted by molar-refractivity contribution is -0.240. The van der Waals surface area contributed by atoms with Crippen molar-refractivity contribution >= 4 is 29.6 Å². The fourth-order valence-corrected chi connectivity index (χ4v) is 3.58. The van der Waals surface area contributed by atoms with Gasteiger partial charge in [-0.3, -0.25) is 9.59 Å². The summed E-state index contributed by atoms with van der Waals surface area (Å²) < 4.78 is 24.3. The molecule has 164 valence electrons. The summed E-state index contributed by atoms with van der Waals surface area (Å²) in [7, 11) is 0. The molecule has 1 aliphatic heterocycles. The minimum Gasteiger partial charge on any atom is -0.465 e. The van der Waals surface area contributed by atoms with Gasteiger partial charge >= 0.3 is 18.0 Å². The molecule has 1 heterocycles. The number of ether oxygens (including phenoxy) is 2. The monoisotopic (exact) mass is 449 g/mol. The van der Waals surface area contributed by atoms with Crippen LogP contribution in [0.3, 0.4) is 0 Å². The van der Waals surface area contributed by atoms with Gasteiger partial charge in [0.2, 0.25) is 0 Å². The molecule has 1 amide bonds. The quantitative estimate of drug-likeness (QED) is 0.507. The number of carboxylic acid groups (broad SMARTS) is 1. The number of hydrogen-bond acceptors (Lipinski definition) is 5. The number of cyclic esters (lactones) is 2. The molecule has 0 radical (unpaired) electrons. The highest BCUT2D eigenvalue weighted by Gasteiger charge is 2.44. The van der Waals surface area contributed by atoms with Crippen LogP contribution in [-0.2, 0) is 25.5 Å². The summed E-state index contributed by atoms with van der Waals surface area (Å²) in [5, 5.41) is 11.9. The molecule has 0 spiro atoms. The maximum Gasteiger partial charge on any atom is 0.404 e. The number of hydrogen-bond donors (Lipinski definition) is 2. The smallest absolute Gasteiger partial charge is 0.404 e. The normalized spacial score (nSPS) is 16.9. The summed E-state index contributed by atoms with van der Waals surface area (Å²) in [5.74, 6) is -4.52. The fourth-order valence-electron chi connectivity index (χ4n) is 3.41. The van der Waals surface area contributed by atoms with Crippen molar-refractivity contribution in [2.75, 3.05) is 0 Å². The summed E-state index contributed by atoms with van der Waals surface area (Å²) in [5.41, 5.74) is 1.67. The first-order valence-electron chi connectivity index (χ1n) is 9.53. The first-order valence-corrected chi connectivity index (χ1v) is 9.91. The minimum atomic E-state index is -1.36. The SMILES string of the molecule is CC1(C)OC(=O)C(C[C@@H](Cc2ccc(-c3cc(Cl)ccc3F)cc2)NC(=O)O)C(=O)O1. The minimum absolute atomic E-state index is 0.120. The van der Waals surface area contributed by atoms with Gasteiger partial charge in [0.15, 0.2) is 5.92 Å². The number of esters is 2. The fraction of sp³-hybridized carbons (Fsp3) is 0.318. The van der Waals surface area contributed by atoms with E-state index >= 15 is 0 Å². The van der Waals surface area contributed by atoms with Crippen molar-refractivity contribution in [2.45, 2.75) is 38.5 Å². The standard InChI is InChI=1S/C22H21ClFNO6/c1-22(2)30-19(26)17(20(27)31-22)11-15(25-21(28)29)9-12-3-5-13(6-4-12)16-10-14(23)7-8-18(16)24/h3-8,10,15,17,25H,9,11H2,1-2H3,(H,28,29)/t15-/m1/s1. The van der Waals surface area contributed by atoms with Gasteiger partial charge < -0.3 is 19.9 Å². The van der Waals surface area contributed by atoms with E-state index < -0.39 is 41.6 Å². The van der Waals surface area contributed by atoms with Gasteiger partial charge in [0.1, 0.15) is 5.82 Å². The molecule has 0 bridgehead atoms. The lowest BCUT2D eigenvalue weighted by atomic mass is 9.93.